The van der Waals surface area contributed by atoms with E-state index in [1.54, 1.807) is 0 Å². The van der Waals surface area contributed by atoms with Crippen LogP contribution in [0.5, 0.6) is 0 Å². The van der Waals surface area contributed by atoms with Crippen LogP contribution in [-0.4, -0.2) is 31.2 Å². The third kappa shape index (κ3) is 4.61. The third-order valence-electron chi connectivity index (χ3n) is 2.91. The van der Waals surface area contributed by atoms with Gasteiger partial charge in [0.25, 0.3) is 0 Å². The minimum atomic E-state index is -0.132. The van der Waals surface area contributed by atoms with Crippen LogP contribution in [0.3, 0.4) is 0 Å². The molecular formula is C13H22N2O2. The van der Waals surface area contributed by atoms with Gasteiger partial charge in [0.1, 0.15) is 0 Å². The molecule has 0 amide bonds. The molecule has 0 spiro atoms. The van der Waals surface area contributed by atoms with Gasteiger partial charge in [0.2, 0.25) is 0 Å². The van der Waals surface area contributed by atoms with Gasteiger partial charge in [-0.1, -0.05) is 13.8 Å². The molecule has 0 aromatic carbocycles. The Kier molecular flexibility index (Phi) is 5.77. The van der Waals surface area contributed by atoms with Gasteiger partial charge in [-0.2, -0.15) is 0 Å². The first-order valence-corrected chi connectivity index (χ1v) is 6.06. The van der Waals surface area contributed by atoms with Crippen LogP contribution < -0.4 is 5.32 Å². The monoisotopic (exact) mass is 238 g/mol. The van der Waals surface area contributed by atoms with E-state index in [2.05, 4.69) is 16.4 Å². The molecule has 0 aliphatic heterocycles. The van der Waals surface area contributed by atoms with Gasteiger partial charge in [-0.3, -0.25) is 4.79 Å². The van der Waals surface area contributed by atoms with Gasteiger partial charge in [-0.25, -0.2) is 0 Å². The molecule has 4 nitrogen and oxygen atoms in total. The van der Waals surface area contributed by atoms with Crippen LogP contribution in [0.4, 0.5) is 0 Å². The first kappa shape index (κ1) is 13.8. The van der Waals surface area contributed by atoms with Crippen LogP contribution in [-0.2, 0) is 16.0 Å². The van der Waals surface area contributed by atoms with Crippen LogP contribution >= 0.6 is 0 Å². The van der Waals surface area contributed by atoms with Crippen LogP contribution in [0.1, 0.15) is 19.5 Å². The lowest BCUT2D eigenvalue weighted by atomic mass is 9.96. The molecule has 96 valence electrons. The summed E-state index contributed by atoms with van der Waals surface area (Å²) in [6.45, 7) is 5.61. The van der Waals surface area contributed by atoms with E-state index >= 15 is 0 Å². The Bertz CT molecular complexity index is 320. The molecule has 4 heteroatoms. The van der Waals surface area contributed by atoms with Crippen molar-refractivity contribution < 1.29 is 9.53 Å². The zero-order valence-electron chi connectivity index (χ0n) is 10.8. The van der Waals surface area contributed by atoms with Crippen molar-refractivity contribution in [3.8, 4) is 0 Å². The summed E-state index contributed by atoms with van der Waals surface area (Å²) >= 11 is 0. The molecular weight excluding hydrogens is 216 g/mol. The van der Waals surface area contributed by atoms with E-state index < -0.39 is 0 Å². The van der Waals surface area contributed by atoms with Gasteiger partial charge < -0.3 is 15.0 Å². The summed E-state index contributed by atoms with van der Waals surface area (Å²) in [6.07, 6.45) is 2.86. The topological polar surface area (TPSA) is 54.1 Å². The van der Waals surface area contributed by atoms with Crippen molar-refractivity contribution in [2.24, 2.45) is 11.8 Å². The number of methoxy groups -OCH3 is 1. The number of aromatic amines is 1. The molecule has 1 heterocycles. The van der Waals surface area contributed by atoms with Crippen molar-refractivity contribution in [2.75, 3.05) is 20.2 Å². The smallest absolute Gasteiger partial charge is 0.310 e. The Labute approximate surface area is 103 Å². The molecule has 0 bridgehead atoms. The minimum absolute atomic E-state index is 0.0661. The quantitative estimate of drug-likeness (QED) is 0.560. The highest BCUT2D eigenvalue weighted by Gasteiger charge is 2.22. The summed E-state index contributed by atoms with van der Waals surface area (Å²) in [6, 6.07) is 4.04. The Morgan fingerprint density at radius 2 is 2.29 bits per heavy atom. The van der Waals surface area contributed by atoms with E-state index in [9.17, 15) is 4.79 Å². The lowest BCUT2D eigenvalue weighted by Gasteiger charge is -2.18. The number of hydrogen-bond acceptors (Lipinski definition) is 3. The van der Waals surface area contributed by atoms with E-state index in [0.29, 0.717) is 12.5 Å². The fourth-order valence-corrected chi connectivity index (χ4v) is 1.75. The second kappa shape index (κ2) is 7.12. The van der Waals surface area contributed by atoms with Crippen LogP contribution in [0.2, 0.25) is 0 Å². The highest BCUT2D eigenvalue weighted by atomic mass is 16.5. The summed E-state index contributed by atoms with van der Waals surface area (Å²) in [5.41, 5.74) is 1.21. The van der Waals surface area contributed by atoms with E-state index in [1.165, 1.54) is 12.8 Å². The molecule has 1 aromatic rings. The normalized spacial score (nSPS) is 12.7. The maximum Gasteiger partial charge on any atom is 0.310 e. The number of carbonyl (C=O) groups excluding carboxylic acids is 1. The van der Waals surface area contributed by atoms with Crippen LogP contribution in [0, 0.1) is 11.8 Å². The zero-order chi connectivity index (χ0) is 12.7. The van der Waals surface area contributed by atoms with Crippen molar-refractivity contribution in [2.45, 2.75) is 20.3 Å². The Balaban J connectivity index is 2.25. The van der Waals surface area contributed by atoms with Crippen molar-refractivity contribution in [1.29, 1.82) is 0 Å². The molecule has 1 atom stereocenters. The summed E-state index contributed by atoms with van der Waals surface area (Å²) in [4.78, 5) is 14.7. The third-order valence-corrected chi connectivity index (χ3v) is 2.91. The fourth-order valence-electron chi connectivity index (χ4n) is 1.75. The second-order valence-electron chi connectivity index (χ2n) is 4.52. The number of esters is 1. The van der Waals surface area contributed by atoms with Crippen molar-refractivity contribution in [1.82, 2.24) is 10.3 Å². The highest BCUT2D eigenvalue weighted by molar-refractivity contribution is 5.72. The average molecular weight is 238 g/mol. The molecule has 1 unspecified atom stereocenters. The molecule has 0 saturated carbocycles. The van der Waals surface area contributed by atoms with E-state index in [0.717, 1.165) is 13.0 Å². The summed E-state index contributed by atoms with van der Waals surface area (Å²) < 4.78 is 4.79. The molecule has 0 saturated heterocycles. The molecule has 0 aliphatic carbocycles. The molecule has 1 rings (SSSR count). The van der Waals surface area contributed by atoms with Crippen LogP contribution in [0.15, 0.2) is 18.3 Å². The van der Waals surface area contributed by atoms with Gasteiger partial charge >= 0.3 is 5.97 Å². The van der Waals surface area contributed by atoms with E-state index in [1.807, 2.05) is 26.1 Å². The Hall–Kier alpha value is -1.29. The summed E-state index contributed by atoms with van der Waals surface area (Å²) in [5, 5.41) is 3.30. The van der Waals surface area contributed by atoms with Gasteiger partial charge in [0.05, 0.1) is 13.0 Å². The Morgan fingerprint density at radius 1 is 1.53 bits per heavy atom. The molecule has 2 N–H and O–H groups in total. The van der Waals surface area contributed by atoms with Crippen molar-refractivity contribution in [3.63, 3.8) is 0 Å². The molecule has 1 aromatic heterocycles. The summed E-state index contributed by atoms with van der Waals surface area (Å²) in [7, 11) is 1.44. The van der Waals surface area contributed by atoms with Gasteiger partial charge in [-0.05, 0) is 24.5 Å². The summed E-state index contributed by atoms with van der Waals surface area (Å²) in [5.74, 6) is 0.0939. The van der Waals surface area contributed by atoms with Crippen molar-refractivity contribution >= 4 is 5.97 Å². The predicted molar refractivity (Wildman–Crippen MR) is 67.7 cm³/mol. The van der Waals surface area contributed by atoms with Crippen LogP contribution in [0.25, 0.3) is 0 Å². The average Bonchev–Trinajstić information content (AvgIpc) is 2.80. The fraction of sp³-hybridized carbons (Fsp3) is 0.615. The SMILES string of the molecule is COC(=O)C(CNCCc1ccc[nH]1)C(C)C. The number of aromatic nitrogens is 1. The lowest BCUT2D eigenvalue weighted by molar-refractivity contribution is -0.146. The maximum absolute atomic E-state index is 11.5. The molecule has 0 radical (unpaired) electrons. The van der Waals surface area contributed by atoms with E-state index in [-0.39, 0.29) is 11.9 Å². The minimum Gasteiger partial charge on any atom is -0.469 e. The number of hydrogen-bond donors (Lipinski definition) is 2. The number of rotatable bonds is 7. The predicted octanol–water partition coefficient (Wildman–Crippen LogP) is 1.59. The second-order valence-corrected chi connectivity index (χ2v) is 4.52. The van der Waals surface area contributed by atoms with Crippen molar-refractivity contribution in [3.05, 3.63) is 24.0 Å². The Morgan fingerprint density at radius 3 is 2.82 bits per heavy atom. The van der Waals surface area contributed by atoms with Gasteiger partial charge in [0, 0.05) is 25.0 Å². The molecule has 17 heavy (non-hydrogen) atoms. The standard InChI is InChI=1S/C13H22N2O2/c1-10(2)12(13(16)17-3)9-14-8-6-11-5-4-7-15-11/h4-5,7,10,12,14-15H,6,8-9H2,1-3H3. The lowest BCUT2D eigenvalue weighted by Crippen LogP contribution is -2.33. The van der Waals surface area contributed by atoms with E-state index in [4.69, 9.17) is 4.74 Å². The number of carbonyl (C=O) groups is 1. The van der Waals surface area contributed by atoms with Gasteiger partial charge in [0.15, 0.2) is 0 Å². The highest BCUT2D eigenvalue weighted by Crippen LogP contribution is 2.11. The van der Waals surface area contributed by atoms with Gasteiger partial charge in [-0.15, -0.1) is 0 Å². The first-order valence-electron chi connectivity index (χ1n) is 6.06. The zero-order valence-corrected chi connectivity index (χ0v) is 10.8. The first-order chi connectivity index (χ1) is 8.15. The maximum atomic E-state index is 11.5. The number of H-pyrrole nitrogens is 1. The number of nitrogens with one attached hydrogen (secondary N) is 2. The number of ether oxygens (including phenoxy) is 1. The largest absolute Gasteiger partial charge is 0.469 e. The molecule has 0 aliphatic rings. The molecule has 0 fully saturated rings.